The highest BCUT2D eigenvalue weighted by molar-refractivity contribution is 5.86. The number of hydrogen-bond acceptors (Lipinski definition) is 4. The lowest BCUT2D eigenvalue weighted by Gasteiger charge is -2.27. The highest BCUT2D eigenvalue weighted by atomic mass is 16.3. The molecule has 0 radical (unpaired) electrons. The Kier molecular flexibility index (Phi) is 10.5. The van der Waals surface area contributed by atoms with Gasteiger partial charge in [0.2, 0.25) is 0 Å². The van der Waals surface area contributed by atoms with Gasteiger partial charge in [0.05, 0.1) is 0 Å². The predicted molar refractivity (Wildman–Crippen MR) is 205 cm³/mol. The summed E-state index contributed by atoms with van der Waals surface area (Å²) in [6, 6.07) is 28.0. The predicted octanol–water partition coefficient (Wildman–Crippen LogP) is 11.3. The number of aliphatic imine (C=N–C) groups is 2. The molecule has 0 heterocycles. The van der Waals surface area contributed by atoms with Gasteiger partial charge in [-0.25, -0.2) is 0 Å². The Morgan fingerprint density at radius 2 is 0.771 bits per heavy atom. The fourth-order valence-electron chi connectivity index (χ4n) is 5.84. The van der Waals surface area contributed by atoms with Crippen LogP contribution in [0, 0.1) is 0 Å². The number of aromatic hydroxyl groups is 2. The first-order valence-corrected chi connectivity index (χ1v) is 17.1. The van der Waals surface area contributed by atoms with Crippen LogP contribution in [0.25, 0.3) is 0 Å². The average Bonchev–Trinajstić information content (AvgIpc) is 2.98. The Morgan fingerprint density at radius 1 is 0.458 bits per heavy atom. The summed E-state index contributed by atoms with van der Waals surface area (Å²) < 4.78 is 0. The SMILES string of the molecule is CC(C)(C)c1cc(C=N[C@H](c2ccccc2)[C@H](N=Cc2cc(C(C)(C)C)cc(C(C)(C)C)c2O)c2ccccc2)c(O)c(C(C)(C)C)c1. The van der Waals surface area contributed by atoms with E-state index in [4.69, 9.17) is 9.98 Å². The lowest BCUT2D eigenvalue weighted by Crippen LogP contribution is -2.18. The minimum Gasteiger partial charge on any atom is -0.507 e. The number of rotatable bonds is 7. The summed E-state index contributed by atoms with van der Waals surface area (Å²) >= 11 is 0. The first-order chi connectivity index (χ1) is 22.2. The molecule has 0 aliphatic carbocycles. The van der Waals surface area contributed by atoms with Gasteiger partial charge in [-0.1, -0.05) is 156 Å². The molecule has 0 amide bonds. The van der Waals surface area contributed by atoms with Gasteiger partial charge in [0.15, 0.2) is 0 Å². The fourth-order valence-corrected chi connectivity index (χ4v) is 5.84. The van der Waals surface area contributed by atoms with Crippen molar-refractivity contribution in [2.75, 3.05) is 0 Å². The van der Waals surface area contributed by atoms with E-state index in [0.717, 1.165) is 33.4 Å². The summed E-state index contributed by atoms with van der Waals surface area (Å²) in [6.07, 6.45) is 3.64. The number of phenolic OH excluding ortho intramolecular Hbond substituents is 2. The highest BCUT2D eigenvalue weighted by Gasteiger charge is 2.28. The van der Waals surface area contributed by atoms with E-state index in [9.17, 15) is 10.2 Å². The van der Waals surface area contributed by atoms with Gasteiger partial charge in [0.1, 0.15) is 23.6 Å². The van der Waals surface area contributed by atoms with E-state index < -0.39 is 12.1 Å². The van der Waals surface area contributed by atoms with Crippen molar-refractivity contribution in [2.24, 2.45) is 9.98 Å². The molecule has 4 aromatic carbocycles. The molecular formula is C44H56N2O2. The lowest BCUT2D eigenvalue weighted by molar-refractivity contribution is 0.442. The third-order valence-electron chi connectivity index (χ3n) is 8.96. The van der Waals surface area contributed by atoms with E-state index >= 15 is 0 Å². The second-order valence-electron chi connectivity index (χ2n) is 17.2. The Hall–Kier alpha value is -4.18. The zero-order valence-electron chi connectivity index (χ0n) is 31.2. The van der Waals surface area contributed by atoms with Crippen LogP contribution in [-0.4, -0.2) is 22.6 Å². The first-order valence-electron chi connectivity index (χ1n) is 17.1. The van der Waals surface area contributed by atoms with Crippen LogP contribution in [0.3, 0.4) is 0 Å². The molecule has 0 bridgehead atoms. The highest BCUT2D eigenvalue weighted by Crippen LogP contribution is 2.41. The zero-order chi connectivity index (χ0) is 35.7. The van der Waals surface area contributed by atoms with Gasteiger partial charge in [0.25, 0.3) is 0 Å². The van der Waals surface area contributed by atoms with Crippen LogP contribution in [0.2, 0.25) is 0 Å². The maximum Gasteiger partial charge on any atom is 0.128 e. The molecule has 4 heteroatoms. The van der Waals surface area contributed by atoms with Crippen molar-refractivity contribution in [1.29, 1.82) is 0 Å². The first kappa shape index (κ1) is 36.7. The smallest absolute Gasteiger partial charge is 0.128 e. The van der Waals surface area contributed by atoms with Gasteiger partial charge in [-0.2, -0.15) is 0 Å². The normalized spacial score (nSPS) is 14.5. The summed E-state index contributed by atoms with van der Waals surface area (Å²) in [5, 5.41) is 23.1. The zero-order valence-corrected chi connectivity index (χ0v) is 31.2. The summed E-state index contributed by atoms with van der Waals surface area (Å²) in [6.45, 7) is 25.9. The number of hydrogen-bond donors (Lipinski definition) is 2. The molecule has 0 unspecified atom stereocenters. The summed E-state index contributed by atoms with van der Waals surface area (Å²) in [5.74, 6) is 0.508. The van der Waals surface area contributed by atoms with Crippen molar-refractivity contribution < 1.29 is 10.2 Å². The van der Waals surface area contributed by atoms with Crippen LogP contribution in [0.4, 0.5) is 0 Å². The second-order valence-corrected chi connectivity index (χ2v) is 17.2. The van der Waals surface area contributed by atoms with Crippen LogP contribution in [0.5, 0.6) is 11.5 Å². The van der Waals surface area contributed by atoms with Crippen LogP contribution >= 0.6 is 0 Å². The molecule has 0 spiro atoms. The average molecular weight is 645 g/mol. The van der Waals surface area contributed by atoms with Gasteiger partial charge >= 0.3 is 0 Å². The molecule has 0 saturated carbocycles. The van der Waals surface area contributed by atoms with Crippen molar-refractivity contribution in [3.63, 3.8) is 0 Å². The maximum absolute atomic E-state index is 11.6. The van der Waals surface area contributed by atoms with E-state index in [1.807, 2.05) is 48.8 Å². The van der Waals surface area contributed by atoms with Crippen LogP contribution < -0.4 is 0 Å². The summed E-state index contributed by atoms with van der Waals surface area (Å²) in [4.78, 5) is 10.5. The van der Waals surface area contributed by atoms with Crippen LogP contribution in [0.1, 0.15) is 140 Å². The molecule has 0 aromatic heterocycles. The van der Waals surface area contributed by atoms with Crippen molar-refractivity contribution >= 4 is 12.4 Å². The van der Waals surface area contributed by atoms with E-state index in [1.165, 1.54) is 0 Å². The molecule has 0 aliphatic rings. The van der Waals surface area contributed by atoms with Gasteiger partial charge < -0.3 is 10.2 Å². The van der Waals surface area contributed by atoms with Gasteiger partial charge in [-0.3, -0.25) is 9.98 Å². The number of nitrogens with zero attached hydrogens (tertiary/aromatic N) is 2. The largest absolute Gasteiger partial charge is 0.507 e. The van der Waals surface area contributed by atoms with Crippen molar-refractivity contribution in [3.05, 3.63) is 129 Å². The third-order valence-corrected chi connectivity index (χ3v) is 8.96. The van der Waals surface area contributed by atoms with Gasteiger partial charge in [0, 0.05) is 34.7 Å². The van der Waals surface area contributed by atoms with Crippen LogP contribution in [-0.2, 0) is 21.7 Å². The molecular weight excluding hydrogens is 588 g/mol. The van der Waals surface area contributed by atoms with Gasteiger partial charge in [-0.05, 0) is 56.0 Å². The topological polar surface area (TPSA) is 65.2 Å². The third kappa shape index (κ3) is 8.64. The standard InChI is InChI=1S/C44H56N2O2/c1-41(2,3)33-23-31(39(47)35(25-33)43(7,8)9)27-45-37(29-19-15-13-16-20-29)38(30-21-17-14-18-22-30)46-28-32-24-34(42(4,5)6)26-36(40(32)48)44(10,11)12/h13-28,37-38,47-48H,1-12H3/t37-,38-/m1/s1. The Bertz CT molecular complexity index is 1630. The maximum atomic E-state index is 11.6. The Morgan fingerprint density at radius 3 is 1.04 bits per heavy atom. The van der Waals surface area contributed by atoms with Crippen molar-refractivity contribution in [2.45, 2.75) is 117 Å². The fraction of sp³-hybridized carbons (Fsp3) is 0.409. The summed E-state index contributed by atoms with van der Waals surface area (Å²) in [7, 11) is 0. The van der Waals surface area contributed by atoms with Gasteiger partial charge in [-0.15, -0.1) is 0 Å². The van der Waals surface area contributed by atoms with Crippen LogP contribution in [0.15, 0.2) is 94.9 Å². The molecule has 2 N–H and O–H groups in total. The molecule has 4 nitrogen and oxygen atoms in total. The lowest BCUT2D eigenvalue weighted by atomic mass is 9.79. The second kappa shape index (κ2) is 13.7. The van der Waals surface area contributed by atoms with E-state index in [1.54, 1.807) is 0 Å². The summed E-state index contributed by atoms with van der Waals surface area (Å²) in [5.41, 5.74) is 6.75. The molecule has 2 atom stereocenters. The monoisotopic (exact) mass is 644 g/mol. The molecule has 4 aromatic rings. The van der Waals surface area contributed by atoms with Crippen molar-refractivity contribution in [3.8, 4) is 11.5 Å². The van der Waals surface area contributed by atoms with E-state index in [-0.39, 0.29) is 33.2 Å². The molecule has 0 fully saturated rings. The Labute approximate surface area is 289 Å². The quantitative estimate of drug-likeness (QED) is 0.197. The number of phenols is 2. The van der Waals surface area contributed by atoms with E-state index in [0.29, 0.717) is 11.1 Å². The van der Waals surface area contributed by atoms with Crippen molar-refractivity contribution in [1.82, 2.24) is 0 Å². The minimum absolute atomic E-state index is 0.110. The molecule has 254 valence electrons. The Balaban J connectivity index is 1.94. The number of benzene rings is 4. The molecule has 48 heavy (non-hydrogen) atoms. The molecule has 0 aliphatic heterocycles. The van der Waals surface area contributed by atoms with E-state index in [2.05, 4.69) is 132 Å². The molecule has 0 saturated heterocycles. The minimum atomic E-state index is -0.407. The molecule has 4 rings (SSSR count).